The van der Waals surface area contributed by atoms with Gasteiger partial charge in [0, 0.05) is 37.7 Å². The van der Waals surface area contributed by atoms with Gasteiger partial charge in [-0.25, -0.2) is 0 Å². The summed E-state index contributed by atoms with van der Waals surface area (Å²) >= 11 is 0. The molecule has 0 spiro atoms. The molecule has 1 fully saturated rings. The Labute approximate surface area is 117 Å². The first-order valence-corrected chi connectivity index (χ1v) is 6.55. The van der Waals surface area contributed by atoms with Gasteiger partial charge in [-0.05, 0) is 25.0 Å². The van der Waals surface area contributed by atoms with Gasteiger partial charge < -0.3 is 20.4 Å². The number of nitrogens with one attached hydrogen (secondary N) is 1. The molecule has 1 aromatic carbocycles. The van der Waals surface area contributed by atoms with Crippen LogP contribution in [0.15, 0.2) is 18.2 Å². The zero-order valence-electron chi connectivity index (χ0n) is 11.3. The Bertz CT molecular complexity index is 502. The lowest BCUT2D eigenvalue weighted by atomic mass is 10.0. The quantitative estimate of drug-likeness (QED) is 0.747. The SMILES string of the molecule is CC(=O)NC1CCN(C(=O)c2cc(O)cc(O)c2)CC1. The van der Waals surface area contributed by atoms with Crippen molar-refractivity contribution in [3.05, 3.63) is 23.8 Å². The summed E-state index contributed by atoms with van der Waals surface area (Å²) in [6, 6.07) is 3.96. The number of carbonyl (C=O) groups is 2. The van der Waals surface area contributed by atoms with E-state index in [1.165, 1.54) is 25.1 Å². The average Bonchev–Trinajstić information content (AvgIpc) is 2.37. The van der Waals surface area contributed by atoms with Crippen LogP contribution in [0.25, 0.3) is 0 Å². The Balaban J connectivity index is 1.99. The van der Waals surface area contributed by atoms with E-state index in [0.717, 1.165) is 0 Å². The van der Waals surface area contributed by atoms with Crippen LogP contribution < -0.4 is 5.32 Å². The highest BCUT2D eigenvalue weighted by Gasteiger charge is 2.24. The fraction of sp³-hybridized carbons (Fsp3) is 0.429. The van der Waals surface area contributed by atoms with Crippen LogP contribution in [0.3, 0.4) is 0 Å². The summed E-state index contributed by atoms with van der Waals surface area (Å²) < 4.78 is 0. The maximum Gasteiger partial charge on any atom is 0.254 e. The second kappa shape index (κ2) is 5.81. The van der Waals surface area contributed by atoms with Gasteiger partial charge in [0.1, 0.15) is 11.5 Å². The van der Waals surface area contributed by atoms with Crippen LogP contribution in [-0.4, -0.2) is 46.1 Å². The summed E-state index contributed by atoms with van der Waals surface area (Å²) in [5, 5.41) is 21.7. The number of amides is 2. The molecule has 2 amide bonds. The third-order valence-electron chi connectivity index (χ3n) is 3.34. The van der Waals surface area contributed by atoms with Crippen molar-refractivity contribution in [1.82, 2.24) is 10.2 Å². The highest BCUT2D eigenvalue weighted by molar-refractivity contribution is 5.95. The maximum atomic E-state index is 12.2. The molecule has 0 radical (unpaired) electrons. The van der Waals surface area contributed by atoms with Crippen LogP contribution in [0, 0.1) is 0 Å². The van der Waals surface area contributed by atoms with E-state index in [9.17, 15) is 19.8 Å². The molecule has 1 saturated heterocycles. The average molecular weight is 278 g/mol. The number of benzene rings is 1. The standard InChI is InChI=1S/C14H18N2O4/c1-9(17)15-11-2-4-16(5-3-11)14(20)10-6-12(18)8-13(19)7-10/h6-8,11,18-19H,2-5H2,1H3,(H,15,17). The minimum atomic E-state index is -0.225. The van der Waals surface area contributed by atoms with Gasteiger partial charge in [0.2, 0.25) is 5.91 Å². The Morgan fingerprint density at radius 2 is 1.70 bits per heavy atom. The molecule has 6 nitrogen and oxygen atoms in total. The second-order valence-electron chi connectivity index (χ2n) is 5.01. The molecule has 1 aliphatic rings. The predicted octanol–water partition coefficient (Wildman–Crippen LogP) is 0.838. The molecule has 0 unspecified atom stereocenters. The van der Waals surface area contributed by atoms with Gasteiger partial charge in [0.05, 0.1) is 0 Å². The number of aromatic hydroxyl groups is 2. The molecule has 0 aromatic heterocycles. The maximum absolute atomic E-state index is 12.2. The van der Waals surface area contributed by atoms with Gasteiger partial charge in [-0.2, -0.15) is 0 Å². The highest BCUT2D eigenvalue weighted by Crippen LogP contribution is 2.22. The Morgan fingerprint density at radius 1 is 1.15 bits per heavy atom. The molecule has 20 heavy (non-hydrogen) atoms. The summed E-state index contributed by atoms with van der Waals surface area (Å²) in [5.41, 5.74) is 0.264. The molecular formula is C14H18N2O4. The lowest BCUT2D eigenvalue weighted by molar-refractivity contribution is -0.119. The van der Waals surface area contributed by atoms with Crippen molar-refractivity contribution in [2.24, 2.45) is 0 Å². The summed E-state index contributed by atoms with van der Waals surface area (Å²) in [5.74, 6) is -0.562. The topological polar surface area (TPSA) is 89.9 Å². The number of piperidine rings is 1. The highest BCUT2D eigenvalue weighted by atomic mass is 16.3. The van der Waals surface area contributed by atoms with Crippen molar-refractivity contribution >= 4 is 11.8 Å². The first-order chi connectivity index (χ1) is 9.45. The number of nitrogens with zero attached hydrogens (tertiary/aromatic N) is 1. The summed E-state index contributed by atoms with van der Waals surface area (Å²) in [6.45, 7) is 2.56. The lowest BCUT2D eigenvalue weighted by Gasteiger charge is -2.32. The van der Waals surface area contributed by atoms with Crippen LogP contribution in [0.4, 0.5) is 0 Å². The van der Waals surface area contributed by atoms with Crippen molar-refractivity contribution in [1.29, 1.82) is 0 Å². The third kappa shape index (κ3) is 3.40. The summed E-state index contributed by atoms with van der Waals surface area (Å²) in [6.07, 6.45) is 1.41. The molecule has 3 N–H and O–H groups in total. The first-order valence-electron chi connectivity index (χ1n) is 6.55. The van der Waals surface area contributed by atoms with E-state index in [4.69, 9.17) is 0 Å². The van der Waals surface area contributed by atoms with E-state index in [0.29, 0.717) is 25.9 Å². The molecule has 1 aromatic rings. The number of carbonyl (C=O) groups excluding carboxylic acids is 2. The molecule has 0 saturated carbocycles. The van der Waals surface area contributed by atoms with Gasteiger partial charge >= 0.3 is 0 Å². The van der Waals surface area contributed by atoms with Gasteiger partial charge in [-0.3, -0.25) is 9.59 Å². The Hall–Kier alpha value is -2.24. The monoisotopic (exact) mass is 278 g/mol. The van der Waals surface area contributed by atoms with Crippen LogP contribution >= 0.6 is 0 Å². The zero-order valence-corrected chi connectivity index (χ0v) is 11.3. The number of hydrogen-bond acceptors (Lipinski definition) is 4. The molecule has 0 bridgehead atoms. The van der Waals surface area contributed by atoms with E-state index in [1.54, 1.807) is 4.90 Å². The Kier molecular flexibility index (Phi) is 4.12. The van der Waals surface area contributed by atoms with Crippen molar-refractivity contribution in [2.75, 3.05) is 13.1 Å². The first kappa shape index (κ1) is 14.2. The van der Waals surface area contributed by atoms with Crippen molar-refractivity contribution in [2.45, 2.75) is 25.8 Å². The van der Waals surface area contributed by atoms with Crippen molar-refractivity contribution in [3.63, 3.8) is 0 Å². The lowest BCUT2D eigenvalue weighted by Crippen LogP contribution is -2.46. The van der Waals surface area contributed by atoms with E-state index in [2.05, 4.69) is 5.32 Å². The van der Waals surface area contributed by atoms with Gasteiger partial charge in [0.25, 0.3) is 5.91 Å². The molecular weight excluding hydrogens is 260 g/mol. The largest absolute Gasteiger partial charge is 0.508 e. The molecule has 2 rings (SSSR count). The van der Waals surface area contributed by atoms with E-state index < -0.39 is 0 Å². The fourth-order valence-corrected chi connectivity index (χ4v) is 2.42. The molecule has 1 heterocycles. The normalized spacial score (nSPS) is 15.9. The van der Waals surface area contributed by atoms with E-state index >= 15 is 0 Å². The molecule has 0 aliphatic carbocycles. The zero-order chi connectivity index (χ0) is 14.7. The third-order valence-corrected chi connectivity index (χ3v) is 3.34. The van der Waals surface area contributed by atoms with Crippen LogP contribution in [0.2, 0.25) is 0 Å². The molecule has 6 heteroatoms. The van der Waals surface area contributed by atoms with Crippen molar-refractivity contribution < 1.29 is 19.8 Å². The van der Waals surface area contributed by atoms with Gasteiger partial charge in [-0.1, -0.05) is 0 Å². The molecule has 0 atom stereocenters. The fourth-order valence-electron chi connectivity index (χ4n) is 2.42. The smallest absolute Gasteiger partial charge is 0.254 e. The van der Waals surface area contributed by atoms with Crippen LogP contribution in [-0.2, 0) is 4.79 Å². The minimum absolute atomic E-state index is 0.0623. The summed E-state index contributed by atoms with van der Waals surface area (Å²) in [7, 11) is 0. The number of hydrogen-bond donors (Lipinski definition) is 3. The predicted molar refractivity (Wildman–Crippen MR) is 72.5 cm³/mol. The number of phenolic OH excluding ortho intramolecular Hbond substituents is 2. The van der Waals surface area contributed by atoms with Gasteiger partial charge in [-0.15, -0.1) is 0 Å². The Morgan fingerprint density at radius 3 is 2.20 bits per heavy atom. The minimum Gasteiger partial charge on any atom is -0.508 e. The number of phenols is 2. The van der Waals surface area contributed by atoms with Crippen LogP contribution in [0.1, 0.15) is 30.1 Å². The van der Waals surface area contributed by atoms with Crippen LogP contribution in [0.5, 0.6) is 11.5 Å². The second-order valence-corrected chi connectivity index (χ2v) is 5.01. The van der Waals surface area contributed by atoms with E-state index in [-0.39, 0.29) is 34.9 Å². The van der Waals surface area contributed by atoms with Crippen molar-refractivity contribution in [3.8, 4) is 11.5 Å². The summed E-state index contributed by atoms with van der Waals surface area (Å²) in [4.78, 5) is 24.9. The number of rotatable bonds is 2. The van der Waals surface area contributed by atoms with Gasteiger partial charge in [0.15, 0.2) is 0 Å². The van der Waals surface area contributed by atoms with E-state index in [1.807, 2.05) is 0 Å². The molecule has 1 aliphatic heterocycles. The number of likely N-dealkylation sites (tertiary alicyclic amines) is 1. The molecule has 108 valence electrons.